The molecule has 160 valence electrons. The number of nitrogens with zero attached hydrogens (tertiary/aromatic N) is 1. The predicted octanol–water partition coefficient (Wildman–Crippen LogP) is 3.67. The number of imide groups is 1. The number of hydrogen-bond acceptors (Lipinski definition) is 6. The third-order valence-electron chi connectivity index (χ3n) is 4.94. The van der Waals surface area contributed by atoms with Crippen LogP contribution in [0.4, 0.5) is 10.1 Å². The molecule has 0 bridgehead atoms. The molecule has 0 spiro atoms. The van der Waals surface area contributed by atoms with Gasteiger partial charge in [0.05, 0.1) is 29.5 Å². The molecular formula is C24H16FNO6. The number of rotatable bonds is 6. The lowest BCUT2D eigenvalue weighted by Gasteiger charge is -2.14. The Bertz CT molecular complexity index is 1230. The number of halogens is 1. The highest BCUT2D eigenvalue weighted by Gasteiger charge is 2.36. The van der Waals surface area contributed by atoms with Crippen LogP contribution in [0.5, 0.6) is 5.75 Å². The highest BCUT2D eigenvalue weighted by atomic mass is 19.1. The SMILES string of the molecule is COc1ccc(C(=O)COC(=O)c2cccc(N3C(=O)c4ccccc4C3=O)c2)cc1F. The molecule has 32 heavy (non-hydrogen) atoms. The molecule has 0 aromatic heterocycles. The molecule has 0 fully saturated rings. The van der Waals surface area contributed by atoms with Crippen molar-refractivity contribution in [2.45, 2.75) is 0 Å². The molecule has 1 heterocycles. The number of anilines is 1. The summed E-state index contributed by atoms with van der Waals surface area (Å²) < 4.78 is 23.6. The Morgan fingerprint density at radius 3 is 2.19 bits per heavy atom. The van der Waals surface area contributed by atoms with Crippen LogP contribution in [-0.4, -0.2) is 37.3 Å². The average molecular weight is 433 g/mol. The fraction of sp³-hybridized carbons (Fsp3) is 0.0833. The summed E-state index contributed by atoms with van der Waals surface area (Å²) in [6.45, 7) is -0.609. The molecular weight excluding hydrogens is 417 g/mol. The maximum atomic E-state index is 13.8. The second-order valence-electron chi connectivity index (χ2n) is 6.89. The number of amides is 2. The molecule has 1 aliphatic heterocycles. The van der Waals surface area contributed by atoms with Gasteiger partial charge in [-0.15, -0.1) is 0 Å². The molecule has 0 saturated carbocycles. The highest BCUT2D eigenvalue weighted by Crippen LogP contribution is 2.29. The summed E-state index contributed by atoms with van der Waals surface area (Å²) in [7, 11) is 1.30. The van der Waals surface area contributed by atoms with Crippen molar-refractivity contribution in [1.29, 1.82) is 0 Å². The number of ketones is 1. The van der Waals surface area contributed by atoms with Crippen molar-refractivity contribution in [3.63, 3.8) is 0 Å². The molecule has 4 rings (SSSR count). The summed E-state index contributed by atoms with van der Waals surface area (Å²) in [5.74, 6) is -3.13. The van der Waals surface area contributed by atoms with Crippen LogP contribution in [0.25, 0.3) is 0 Å². The first-order valence-electron chi connectivity index (χ1n) is 9.52. The molecule has 0 N–H and O–H groups in total. The van der Waals surface area contributed by atoms with Crippen molar-refractivity contribution in [2.75, 3.05) is 18.6 Å². The van der Waals surface area contributed by atoms with Crippen molar-refractivity contribution < 1.29 is 33.0 Å². The topological polar surface area (TPSA) is 90.0 Å². The molecule has 0 radical (unpaired) electrons. The van der Waals surface area contributed by atoms with Crippen LogP contribution in [0.2, 0.25) is 0 Å². The molecule has 3 aromatic rings. The number of methoxy groups -OCH3 is 1. The lowest BCUT2D eigenvalue weighted by molar-refractivity contribution is 0.0474. The minimum Gasteiger partial charge on any atom is -0.494 e. The van der Waals surface area contributed by atoms with Crippen molar-refractivity contribution in [1.82, 2.24) is 0 Å². The molecule has 1 aliphatic rings. The summed E-state index contributed by atoms with van der Waals surface area (Å²) in [4.78, 5) is 50.9. The quantitative estimate of drug-likeness (QED) is 0.335. The van der Waals surface area contributed by atoms with Crippen LogP contribution in [0.1, 0.15) is 41.4 Å². The van der Waals surface area contributed by atoms with Crippen molar-refractivity contribution in [3.05, 3.63) is 94.8 Å². The van der Waals surface area contributed by atoms with Gasteiger partial charge in [0.1, 0.15) is 0 Å². The number of benzene rings is 3. The Labute approximate surface area is 182 Å². The summed E-state index contributed by atoms with van der Waals surface area (Å²) in [6.07, 6.45) is 0. The van der Waals surface area contributed by atoms with Crippen LogP contribution in [0, 0.1) is 5.82 Å². The third-order valence-corrected chi connectivity index (χ3v) is 4.94. The van der Waals surface area contributed by atoms with Gasteiger partial charge in [-0.2, -0.15) is 0 Å². The molecule has 3 aromatic carbocycles. The number of hydrogen-bond donors (Lipinski definition) is 0. The second kappa shape index (κ2) is 8.43. The molecule has 0 unspecified atom stereocenters. The number of ether oxygens (including phenoxy) is 2. The lowest BCUT2D eigenvalue weighted by atomic mass is 10.1. The van der Waals surface area contributed by atoms with Crippen LogP contribution >= 0.6 is 0 Å². The zero-order valence-electron chi connectivity index (χ0n) is 16.8. The van der Waals surface area contributed by atoms with E-state index in [0.717, 1.165) is 11.0 Å². The van der Waals surface area contributed by atoms with Gasteiger partial charge in [0.2, 0.25) is 0 Å². The number of Topliss-reactive ketones (excluding diaryl/α,β-unsaturated/α-hetero) is 1. The highest BCUT2D eigenvalue weighted by molar-refractivity contribution is 6.34. The van der Waals surface area contributed by atoms with E-state index in [-0.39, 0.29) is 33.7 Å². The Morgan fingerprint density at radius 1 is 0.875 bits per heavy atom. The number of carbonyl (C=O) groups excluding carboxylic acids is 4. The van der Waals surface area contributed by atoms with E-state index in [1.807, 2.05) is 0 Å². The molecule has 8 heteroatoms. The Morgan fingerprint density at radius 2 is 1.56 bits per heavy atom. The van der Waals surface area contributed by atoms with Gasteiger partial charge < -0.3 is 9.47 Å². The fourth-order valence-corrected chi connectivity index (χ4v) is 3.33. The van der Waals surface area contributed by atoms with E-state index in [9.17, 15) is 23.6 Å². The third kappa shape index (κ3) is 3.74. The Hall–Kier alpha value is -4.33. The van der Waals surface area contributed by atoms with Gasteiger partial charge in [0, 0.05) is 5.56 Å². The van der Waals surface area contributed by atoms with Gasteiger partial charge in [-0.1, -0.05) is 18.2 Å². The maximum absolute atomic E-state index is 13.8. The maximum Gasteiger partial charge on any atom is 0.338 e. The fourth-order valence-electron chi connectivity index (χ4n) is 3.33. The first kappa shape index (κ1) is 20.9. The largest absolute Gasteiger partial charge is 0.494 e. The van der Waals surface area contributed by atoms with Crippen molar-refractivity contribution >= 4 is 29.3 Å². The zero-order valence-corrected chi connectivity index (χ0v) is 16.8. The van der Waals surface area contributed by atoms with Crippen molar-refractivity contribution in [2.24, 2.45) is 0 Å². The van der Waals surface area contributed by atoms with Gasteiger partial charge in [-0.05, 0) is 48.5 Å². The van der Waals surface area contributed by atoms with E-state index in [0.29, 0.717) is 0 Å². The summed E-state index contributed by atoms with van der Waals surface area (Å²) in [5.41, 5.74) is 0.837. The van der Waals surface area contributed by atoms with Crippen LogP contribution in [-0.2, 0) is 4.74 Å². The summed E-state index contributed by atoms with van der Waals surface area (Å²) in [6, 6.07) is 15.9. The minimum absolute atomic E-state index is 0.0106. The van der Waals surface area contributed by atoms with Gasteiger partial charge in [-0.3, -0.25) is 14.4 Å². The van der Waals surface area contributed by atoms with Gasteiger partial charge in [0.25, 0.3) is 11.8 Å². The monoisotopic (exact) mass is 433 g/mol. The van der Waals surface area contributed by atoms with E-state index in [4.69, 9.17) is 9.47 Å². The molecule has 7 nitrogen and oxygen atoms in total. The standard InChI is InChI=1S/C24H16FNO6/c1-31-21-10-9-14(12-19(21)25)20(27)13-32-24(30)15-5-4-6-16(11-15)26-22(28)17-7-2-3-8-18(17)23(26)29/h2-12H,13H2,1H3. The second-order valence-corrected chi connectivity index (χ2v) is 6.89. The predicted molar refractivity (Wildman–Crippen MR) is 112 cm³/mol. The number of esters is 1. The Kier molecular flexibility index (Phi) is 5.51. The van der Waals surface area contributed by atoms with Gasteiger partial charge in [0.15, 0.2) is 24.0 Å². The van der Waals surface area contributed by atoms with Crippen molar-refractivity contribution in [3.8, 4) is 5.75 Å². The van der Waals surface area contributed by atoms with E-state index in [1.165, 1.54) is 43.5 Å². The van der Waals surface area contributed by atoms with Crippen LogP contribution in [0.3, 0.4) is 0 Å². The number of fused-ring (bicyclic) bond motifs is 1. The average Bonchev–Trinajstić information content (AvgIpc) is 3.07. The van der Waals surface area contributed by atoms with Crippen LogP contribution in [0.15, 0.2) is 66.7 Å². The lowest BCUT2D eigenvalue weighted by Crippen LogP contribution is -2.29. The van der Waals surface area contributed by atoms with E-state index >= 15 is 0 Å². The normalized spacial score (nSPS) is 12.5. The summed E-state index contributed by atoms with van der Waals surface area (Å²) >= 11 is 0. The molecule has 0 atom stereocenters. The smallest absolute Gasteiger partial charge is 0.338 e. The molecule has 2 amide bonds. The molecule has 0 saturated heterocycles. The first-order chi connectivity index (χ1) is 15.4. The van der Waals surface area contributed by atoms with E-state index in [2.05, 4.69) is 0 Å². The molecule has 0 aliphatic carbocycles. The zero-order chi connectivity index (χ0) is 22.8. The summed E-state index contributed by atoms with van der Waals surface area (Å²) in [5, 5.41) is 0. The van der Waals surface area contributed by atoms with Crippen LogP contribution < -0.4 is 9.64 Å². The van der Waals surface area contributed by atoms with Gasteiger partial charge >= 0.3 is 5.97 Å². The number of carbonyl (C=O) groups is 4. The van der Waals surface area contributed by atoms with Gasteiger partial charge in [-0.25, -0.2) is 14.1 Å². The van der Waals surface area contributed by atoms with E-state index < -0.39 is 36.0 Å². The minimum atomic E-state index is -0.828. The first-order valence-corrected chi connectivity index (χ1v) is 9.52. The van der Waals surface area contributed by atoms with E-state index in [1.54, 1.807) is 24.3 Å². The Balaban J connectivity index is 1.47.